The maximum absolute atomic E-state index is 11.7. The van der Waals surface area contributed by atoms with Gasteiger partial charge in [0, 0.05) is 32.0 Å². The summed E-state index contributed by atoms with van der Waals surface area (Å²) >= 11 is 0. The lowest BCUT2D eigenvalue weighted by atomic mass is 10.1. The van der Waals surface area contributed by atoms with Gasteiger partial charge in [0.2, 0.25) is 5.91 Å². The van der Waals surface area contributed by atoms with Crippen LogP contribution in [0.4, 0.5) is 0 Å². The van der Waals surface area contributed by atoms with Crippen LogP contribution in [-0.4, -0.2) is 34.2 Å². The van der Waals surface area contributed by atoms with Crippen molar-refractivity contribution < 1.29 is 15.0 Å². The van der Waals surface area contributed by atoms with Crippen molar-refractivity contribution in [2.24, 2.45) is 5.92 Å². The Morgan fingerprint density at radius 1 is 1.24 bits per heavy atom. The van der Waals surface area contributed by atoms with Crippen molar-refractivity contribution in [2.45, 2.75) is 19.6 Å². The summed E-state index contributed by atoms with van der Waals surface area (Å²) in [6, 6.07) is 7.56. The van der Waals surface area contributed by atoms with E-state index in [4.69, 9.17) is 5.11 Å². The van der Waals surface area contributed by atoms with Crippen molar-refractivity contribution in [1.82, 2.24) is 4.90 Å². The van der Waals surface area contributed by atoms with Gasteiger partial charge in [0.05, 0.1) is 6.61 Å². The Morgan fingerprint density at radius 2 is 1.94 bits per heavy atom. The molecule has 1 aromatic carbocycles. The molecule has 1 aliphatic rings. The summed E-state index contributed by atoms with van der Waals surface area (Å²) in [5, 5.41) is 18.3. The number of carbonyl (C=O) groups excluding carboxylic acids is 1. The van der Waals surface area contributed by atoms with Crippen LogP contribution in [0.1, 0.15) is 17.5 Å². The third-order valence-corrected chi connectivity index (χ3v) is 3.20. The maximum atomic E-state index is 11.7. The fourth-order valence-electron chi connectivity index (χ4n) is 2.20. The van der Waals surface area contributed by atoms with E-state index in [0.717, 1.165) is 11.1 Å². The minimum Gasteiger partial charge on any atom is -0.396 e. The standard InChI is InChI=1S/C13H17NO3/c15-8-10-5-13(17)14(6-10)7-11-3-1-2-4-12(11)9-16/h1-4,10,15-16H,5-9H2. The summed E-state index contributed by atoms with van der Waals surface area (Å²) in [4.78, 5) is 13.4. The number of amides is 1. The second kappa shape index (κ2) is 5.29. The molecule has 4 nitrogen and oxygen atoms in total. The zero-order valence-electron chi connectivity index (χ0n) is 9.67. The highest BCUT2D eigenvalue weighted by Gasteiger charge is 2.29. The predicted molar refractivity (Wildman–Crippen MR) is 63.0 cm³/mol. The molecule has 1 atom stereocenters. The lowest BCUT2D eigenvalue weighted by molar-refractivity contribution is -0.128. The fourth-order valence-corrected chi connectivity index (χ4v) is 2.20. The van der Waals surface area contributed by atoms with Crippen molar-refractivity contribution in [1.29, 1.82) is 0 Å². The van der Waals surface area contributed by atoms with E-state index in [1.165, 1.54) is 0 Å². The van der Waals surface area contributed by atoms with E-state index in [-0.39, 0.29) is 25.0 Å². The van der Waals surface area contributed by atoms with Gasteiger partial charge in [-0.15, -0.1) is 0 Å². The zero-order chi connectivity index (χ0) is 12.3. The van der Waals surface area contributed by atoms with Crippen LogP contribution in [0.25, 0.3) is 0 Å². The van der Waals surface area contributed by atoms with Crippen molar-refractivity contribution in [3.8, 4) is 0 Å². The summed E-state index contributed by atoms with van der Waals surface area (Å²) in [6.45, 7) is 1.17. The van der Waals surface area contributed by atoms with Gasteiger partial charge in [-0.25, -0.2) is 0 Å². The molecule has 1 aliphatic heterocycles. The summed E-state index contributed by atoms with van der Waals surface area (Å²) < 4.78 is 0. The number of benzene rings is 1. The largest absolute Gasteiger partial charge is 0.396 e. The average Bonchev–Trinajstić information content (AvgIpc) is 2.71. The molecular formula is C13H17NO3. The van der Waals surface area contributed by atoms with E-state index >= 15 is 0 Å². The molecule has 0 aliphatic carbocycles. The van der Waals surface area contributed by atoms with Crippen molar-refractivity contribution in [2.75, 3.05) is 13.2 Å². The van der Waals surface area contributed by atoms with Crippen molar-refractivity contribution in [3.63, 3.8) is 0 Å². The number of likely N-dealkylation sites (tertiary alicyclic amines) is 1. The first-order valence-electron chi connectivity index (χ1n) is 5.81. The third kappa shape index (κ3) is 2.65. The monoisotopic (exact) mass is 235 g/mol. The Balaban J connectivity index is 2.08. The fraction of sp³-hybridized carbons (Fsp3) is 0.462. The highest BCUT2D eigenvalue weighted by Crippen LogP contribution is 2.21. The molecule has 0 radical (unpaired) electrons. The number of aliphatic hydroxyl groups is 2. The number of hydrogen-bond acceptors (Lipinski definition) is 3. The van der Waals surface area contributed by atoms with E-state index in [2.05, 4.69) is 0 Å². The second-order valence-electron chi connectivity index (χ2n) is 4.45. The van der Waals surface area contributed by atoms with Crippen LogP contribution in [-0.2, 0) is 17.9 Å². The van der Waals surface area contributed by atoms with E-state index in [1.54, 1.807) is 4.90 Å². The summed E-state index contributed by atoms with van der Waals surface area (Å²) in [7, 11) is 0. The molecule has 2 N–H and O–H groups in total. The first-order valence-corrected chi connectivity index (χ1v) is 5.81. The van der Waals surface area contributed by atoms with Gasteiger partial charge in [0.15, 0.2) is 0 Å². The first-order chi connectivity index (χ1) is 8.24. The van der Waals surface area contributed by atoms with Crippen molar-refractivity contribution in [3.05, 3.63) is 35.4 Å². The maximum Gasteiger partial charge on any atom is 0.223 e. The van der Waals surface area contributed by atoms with Gasteiger partial charge in [0.25, 0.3) is 0 Å². The van der Waals surface area contributed by atoms with E-state index in [1.807, 2.05) is 24.3 Å². The molecule has 1 fully saturated rings. The van der Waals surface area contributed by atoms with Gasteiger partial charge >= 0.3 is 0 Å². The Hall–Kier alpha value is -1.39. The molecule has 0 spiro atoms. The Kier molecular flexibility index (Phi) is 3.76. The zero-order valence-corrected chi connectivity index (χ0v) is 9.67. The van der Waals surface area contributed by atoms with Crippen LogP contribution in [0, 0.1) is 5.92 Å². The van der Waals surface area contributed by atoms with Gasteiger partial charge < -0.3 is 15.1 Å². The van der Waals surface area contributed by atoms with Crippen LogP contribution in [0.15, 0.2) is 24.3 Å². The second-order valence-corrected chi connectivity index (χ2v) is 4.45. The molecule has 17 heavy (non-hydrogen) atoms. The number of nitrogens with zero attached hydrogens (tertiary/aromatic N) is 1. The van der Waals surface area contributed by atoms with Gasteiger partial charge in [-0.2, -0.15) is 0 Å². The van der Waals surface area contributed by atoms with Crippen LogP contribution in [0.2, 0.25) is 0 Å². The Bertz CT molecular complexity index is 405. The number of hydrogen-bond donors (Lipinski definition) is 2. The van der Waals surface area contributed by atoms with Gasteiger partial charge in [-0.3, -0.25) is 4.79 Å². The van der Waals surface area contributed by atoms with Gasteiger partial charge in [-0.1, -0.05) is 24.3 Å². The molecule has 0 saturated carbocycles. The third-order valence-electron chi connectivity index (χ3n) is 3.20. The van der Waals surface area contributed by atoms with Crippen molar-refractivity contribution >= 4 is 5.91 Å². The molecule has 0 bridgehead atoms. The normalized spacial score (nSPS) is 20.0. The van der Waals surface area contributed by atoms with Crippen LogP contribution in [0.5, 0.6) is 0 Å². The highest BCUT2D eigenvalue weighted by molar-refractivity contribution is 5.78. The van der Waals surface area contributed by atoms with Gasteiger partial charge in [0.1, 0.15) is 0 Å². The minimum atomic E-state index is -0.0123. The predicted octanol–water partition coefficient (Wildman–Crippen LogP) is 0.520. The Morgan fingerprint density at radius 3 is 2.53 bits per heavy atom. The van der Waals surface area contributed by atoms with Gasteiger partial charge in [-0.05, 0) is 11.1 Å². The molecule has 1 unspecified atom stereocenters. The van der Waals surface area contributed by atoms with Crippen LogP contribution < -0.4 is 0 Å². The van der Waals surface area contributed by atoms with E-state index in [0.29, 0.717) is 19.5 Å². The molecule has 1 heterocycles. The SMILES string of the molecule is O=C1CC(CO)CN1Cc1ccccc1CO. The molecule has 4 heteroatoms. The number of aliphatic hydroxyl groups excluding tert-OH is 2. The smallest absolute Gasteiger partial charge is 0.223 e. The van der Waals surface area contributed by atoms with E-state index < -0.39 is 0 Å². The molecule has 2 rings (SSSR count). The molecule has 1 saturated heterocycles. The summed E-state index contributed by atoms with van der Waals surface area (Å²) in [5.41, 5.74) is 1.83. The number of carbonyl (C=O) groups is 1. The molecule has 1 amide bonds. The topological polar surface area (TPSA) is 60.8 Å². The highest BCUT2D eigenvalue weighted by atomic mass is 16.3. The first kappa shape index (κ1) is 12.1. The minimum absolute atomic E-state index is 0.0123. The molecular weight excluding hydrogens is 218 g/mol. The Labute approximate surface area is 100 Å². The lowest BCUT2D eigenvalue weighted by Crippen LogP contribution is -2.25. The molecule has 0 aromatic heterocycles. The van der Waals surface area contributed by atoms with E-state index in [9.17, 15) is 9.90 Å². The average molecular weight is 235 g/mol. The number of rotatable bonds is 4. The van der Waals surface area contributed by atoms with Crippen LogP contribution in [0.3, 0.4) is 0 Å². The summed E-state index contributed by atoms with van der Waals surface area (Å²) in [5.74, 6) is 0.139. The lowest BCUT2D eigenvalue weighted by Gasteiger charge is -2.18. The van der Waals surface area contributed by atoms with Crippen LogP contribution >= 0.6 is 0 Å². The molecule has 1 aromatic rings. The molecule has 92 valence electrons. The summed E-state index contributed by atoms with van der Waals surface area (Å²) in [6.07, 6.45) is 0.428. The quantitative estimate of drug-likeness (QED) is 0.800.